The molecule has 0 unspecified atom stereocenters. The predicted molar refractivity (Wildman–Crippen MR) is 140 cm³/mol. The third kappa shape index (κ3) is 5.13. The van der Waals surface area contributed by atoms with E-state index in [4.69, 9.17) is 21.1 Å². The lowest BCUT2D eigenvalue weighted by Crippen LogP contribution is -2.30. The molecular weight excluding hydrogens is 495 g/mol. The zero-order chi connectivity index (χ0) is 25.9. The van der Waals surface area contributed by atoms with Crippen LogP contribution in [0.5, 0.6) is 11.5 Å². The number of carbonyl (C=O) groups excluding carboxylic acids is 2. The van der Waals surface area contributed by atoms with E-state index in [0.717, 1.165) is 21.2 Å². The second-order valence-electron chi connectivity index (χ2n) is 8.48. The van der Waals surface area contributed by atoms with Gasteiger partial charge in [-0.05, 0) is 52.2 Å². The lowest BCUT2D eigenvalue weighted by molar-refractivity contribution is -0.123. The largest absolute Gasteiger partial charge is 0.493 e. The monoisotopic (exact) mass is 516 g/mol. The number of hydrogen-bond acceptors (Lipinski definition) is 4. The number of rotatable bonds is 7. The van der Waals surface area contributed by atoms with Gasteiger partial charge in [0, 0.05) is 5.56 Å². The molecule has 0 aromatic heterocycles. The molecule has 1 N–H and O–H groups in total. The van der Waals surface area contributed by atoms with E-state index in [1.54, 1.807) is 24.3 Å². The highest BCUT2D eigenvalue weighted by Crippen LogP contribution is 2.38. The van der Waals surface area contributed by atoms with Gasteiger partial charge in [0.2, 0.25) is 0 Å². The minimum atomic E-state index is -0.632. The molecule has 4 aromatic carbocycles. The van der Waals surface area contributed by atoms with Crippen LogP contribution in [0.25, 0.3) is 16.8 Å². The molecule has 1 heterocycles. The van der Waals surface area contributed by atoms with Crippen LogP contribution in [0.1, 0.15) is 16.7 Å². The molecule has 5 rings (SSSR count). The van der Waals surface area contributed by atoms with E-state index in [1.165, 1.54) is 25.3 Å². The van der Waals surface area contributed by atoms with E-state index in [2.05, 4.69) is 11.4 Å². The van der Waals surface area contributed by atoms with Crippen molar-refractivity contribution in [2.45, 2.75) is 13.2 Å². The first-order chi connectivity index (χ1) is 17.9. The fourth-order valence-electron chi connectivity index (χ4n) is 4.13. The van der Waals surface area contributed by atoms with E-state index in [0.29, 0.717) is 17.1 Å². The van der Waals surface area contributed by atoms with Crippen LogP contribution in [0.4, 0.5) is 9.18 Å². The Morgan fingerprint density at radius 2 is 1.73 bits per heavy atom. The first-order valence-corrected chi connectivity index (χ1v) is 11.9. The smallest absolute Gasteiger partial charge is 0.329 e. The maximum Gasteiger partial charge on any atom is 0.329 e. The van der Waals surface area contributed by atoms with Crippen LogP contribution in [0.3, 0.4) is 0 Å². The van der Waals surface area contributed by atoms with Crippen molar-refractivity contribution in [2.24, 2.45) is 0 Å². The van der Waals surface area contributed by atoms with Gasteiger partial charge in [-0.25, -0.2) is 9.18 Å². The number of urea groups is 1. The van der Waals surface area contributed by atoms with Gasteiger partial charge in [0.25, 0.3) is 5.91 Å². The maximum absolute atomic E-state index is 14.0. The van der Waals surface area contributed by atoms with Crippen LogP contribution in [0.15, 0.2) is 84.6 Å². The van der Waals surface area contributed by atoms with Crippen molar-refractivity contribution >= 4 is 40.4 Å². The Bertz CT molecular complexity index is 1550. The number of imide groups is 1. The predicted octanol–water partition coefficient (Wildman–Crippen LogP) is 6.31. The molecule has 0 atom stereocenters. The van der Waals surface area contributed by atoms with E-state index in [9.17, 15) is 14.0 Å². The Balaban J connectivity index is 1.34. The Labute approximate surface area is 217 Å². The fourth-order valence-corrected chi connectivity index (χ4v) is 4.40. The highest BCUT2D eigenvalue weighted by atomic mass is 35.5. The number of ether oxygens (including phenoxy) is 2. The van der Waals surface area contributed by atoms with Crippen molar-refractivity contribution in [3.05, 3.63) is 112 Å². The number of hydrogen-bond donors (Lipinski definition) is 1. The molecule has 0 radical (unpaired) electrons. The number of benzene rings is 4. The fraction of sp³-hybridized carbons (Fsp3) is 0.103. The molecular formula is C29H22ClFN2O4. The molecule has 6 nitrogen and oxygen atoms in total. The minimum Gasteiger partial charge on any atom is -0.493 e. The Morgan fingerprint density at radius 3 is 2.51 bits per heavy atom. The Hall–Kier alpha value is -4.36. The first kappa shape index (κ1) is 24.3. The molecule has 0 spiro atoms. The van der Waals surface area contributed by atoms with Gasteiger partial charge < -0.3 is 14.8 Å². The van der Waals surface area contributed by atoms with Crippen LogP contribution in [0, 0.1) is 5.82 Å². The van der Waals surface area contributed by atoms with Gasteiger partial charge in [0.1, 0.15) is 18.1 Å². The summed E-state index contributed by atoms with van der Waals surface area (Å²) >= 11 is 6.52. The summed E-state index contributed by atoms with van der Waals surface area (Å²) in [5.74, 6) is -0.320. The molecule has 0 saturated carbocycles. The highest BCUT2D eigenvalue weighted by molar-refractivity contribution is 6.32. The summed E-state index contributed by atoms with van der Waals surface area (Å²) in [5, 5.41) is 5.07. The van der Waals surface area contributed by atoms with E-state index < -0.39 is 17.8 Å². The normalized spacial score (nSPS) is 14.4. The third-order valence-electron chi connectivity index (χ3n) is 6.01. The molecule has 8 heteroatoms. The molecule has 1 saturated heterocycles. The van der Waals surface area contributed by atoms with Gasteiger partial charge in [0.15, 0.2) is 11.5 Å². The highest BCUT2D eigenvalue weighted by Gasteiger charge is 2.34. The number of halogens is 2. The molecule has 1 aliphatic heterocycles. The van der Waals surface area contributed by atoms with Crippen molar-refractivity contribution < 1.29 is 23.5 Å². The SMILES string of the molecule is COc1cc(/C=C2/NC(=O)N(Cc3ccccc3F)C2=O)cc(Cl)c1OCc1ccc2ccccc2c1. The second-order valence-corrected chi connectivity index (χ2v) is 8.88. The van der Waals surface area contributed by atoms with Crippen LogP contribution in [-0.4, -0.2) is 23.9 Å². The lowest BCUT2D eigenvalue weighted by Gasteiger charge is -2.14. The van der Waals surface area contributed by atoms with Crippen molar-refractivity contribution in [1.29, 1.82) is 0 Å². The molecule has 0 aliphatic carbocycles. The Morgan fingerprint density at radius 1 is 0.973 bits per heavy atom. The van der Waals surface area contributed by atoms with E-state index in [1.807, 2.05) is 36.4 Å². The second kappa shape index (κ2) is 10.3. The maximum atomic E-state index is 14.0. The van der Waals surface area contributed by atoms with Gasteiger partial charge in [0.05, 0.1) is 18.7 Å². The summed E-state index contributed by atoms with van der Waals surface area (Å²) in [4.78, 5) is 26.2. The summed E-state index contributed by atoms with van der Waals surface area (Å²) in [5.41, 5.74) is 1.78. The molecule has 3 amide bonds. The minimum absolute atomic E-state index is 0.0456. The number of carbonyl (C=O) groups is 2. The van der Waals surface area contributed by atoms with Crippen LogP contribution in [0.2, 0.25) is 5.02 Å². The summed E-state index contributed by atoms with van der Waals surface area (Å²) in [6, 6.07) is 22.8. The average molecular weight is 517 g/mol. The van der Waals surface area contributed by atoms with Crippen molar-refractivity contribution in [3.63, 3.8) is 0 Å². The molecule has 37 heavy (non-hydrogen) atoms. The number of nitrogens with one attached hydrogen (secondary N) is 1. The van der Waals surface area contributed by atoms with Gasteiger partial charge >= 0.3 is 6.03 Å². The van der Waals surface area contributed by atoms with Crippen molar-refractivity contribution in [2.75, 3.05) is 7.11 Å². The molecule has 4 aromatic rings. The zero-order valence-corrected chi connectivity index (χ0v) is 20.6. The van der Waals surface area contributed by atoms with Gasteiger partial charge in [-0.1, -0.05) is 66.2 Å². The van der Waals surface area contributed by atoms with E-state index >= 15 is 0 Å². The van der Waals surface area contributed by atoms with Crippen molar-refractivity contribution in [3.8, 4) is 11.5 Å². The number of fused-ring (bicyclic) bond motifs is 1. The zero-order valence-electron chi connectivity index (χ0n) is 19.8. The lowest BCUT2D eigenvalue weighted by atomic mass is 10.1. The topological polar surface area (TPSA) is 67.9 Å². The average Bonchev–Trinajstić information content (AvgIpc) is 3.16. The first-order valence-electron chi connectivity index (χ1n) is 11.5. The summed E-state index contributed by atoms with van der Waals surface area (Å²) < 4.78 is 25.5. The standard InChI is InChI=1S/C29H22ClFN2O4/c1-36-26-15-19(14-25-28(34)33(29(35)32-25)16-22-8-4-5-9-24(22)31)13-23(30)27(26)37-17-18-10-11-20-6-2-3-7-21(20)12-18/h2-15H,16-17H2,1H3,(H,32,35)/b25-14+. The number of methoxy groups -OCH3 is 1. The van der Waals surface area contributed by atoms with Gasteiger partial charge in [-0.3, -0.25) is 9.69 Å². The van der Waals surface area contributed by atoms with Crippen molar-refractivity contribution in [1.82, 2.24) is 10.2 Å². The number of nitrogens with zero attached hydrogens (tertiary/aromatic N) is 1. The number of amides is 3. The molecule has 186 valence electrons. The molecule has 1 aliphatic rings. The van der Waals surface area contributed by atoms with Gasteiger partial charge in [-0.15, -0.1) is 0 Å². The summed E-state index contributed by atoms with van der Waals surface area (Å²) in [7, 11) is 1.49. The molecule has 1 fully saturated rings. The van der Waals surface area contributed by atoms with Crippen LogP contribution in [-0.2, 0) is 17.9 Å². The molecule has 0 bridgehead atoms. The van der Waals surface area contributed by atoms with Crippen LogP contribution >= 0.6 is 11.6 Å². The van der Waals surface area contributed by atoms with E-state index in [-0.39, 0.29) is 29.4 Å². The van der Waals surface area contributed by atoms with Crippen LogP contribution < -0.4 is 14.8 Å². The quantitative estimate of drug-likeness (QED) is 0.231. The van der Waals surface area contributed by atoms with Gasteiger partial charge in [-0.2, -0.15) is 0 Å². The summed E-state index contributed by atoms with van der Waals surface area (Å²) in [6.45, 7) is 0.0984. The Kier molecular flexibility index (Phi) is 6.79. The third-order valence-corrected chi connectivity index (χ3v) is 6.29. The summed E-state index contributed by atoms with van der Waals surface area (Å²) in [6.07, 6.45) is 1.49.